The summed E-state index contributed by atoms with van der Waals surface area (Å²) < 4.78 is 11.7. The van der Waals surface area contributed by atoms with Crippen LogP contribution in [0.1, 0.15) is 25.0 Å². The Morgan fingerprint density at radius 3 is 2.90 bits per heavy atom. The van der Waals surface area contributed by atoms with Crippen molar-refractivity contribution in [1.29, 1.82) is 0 Å². The number of hydrogen-bond acceptors (Lipinski definition) is 5. The van der Waals surface area contributed by atoms with Crippen LogP contribution in [-0.4, -0.2) is 55.6 Å². The lowest BCUT2D eigenvalue weighted by Crippen LogP contribution is -2.37. The summed E-state index contributed by atoms with van der Waals surface area (Å²) in [5.74, 6) is 1.45. The van der Waals surface area contributed by atoms with Crippen molar-refractivity contribution in [2.24, 2.45) is 5.10 Å². The molecule has 0 saturated carbocycles. The summed E-state index contributed by atoms with van der Waals surface area (Å²) in [7, 11) is 4.05. The summed E-state index contributed by atoms with van der Waals surface area (Å²) in [5.41, 5.74) is 4.67. The van der Waals surface area contributed by atoms with Gasteiger partial charge in [0.15, 0.2) is 10.9 Å². The normalized spacial score (nSPS) is 17.0. The molecule has 0 spiro atoms. The van der Waals surface area contributed by atoms with E-state index in [1.807, 2.05) is 50.5 Å². The van der Waals surface area contributed by atoms with E-state index in [1.54, 1.807) is 0 Å². The van der Waals surface area contributed by atoms with Crippen molar-refractivity contribution >= 4 is 34.6 Å². The molecular weight excluding hydrogens is 408 g/mol. The van der Waals surface area contributed by atoms with Gasteiger partial charge < -0.3 is 19.4 Å². The Balaban J connectivity index is 1.67. The van der Waals surface area contributed by atoms with Crippen molar-refractivity contribution < 1.29 is 9.15 Å². The van der Waals surface area contributed by atoms with Gasteiger partial charge in [-0.3, -0.25) is 5.43 Å². The van der Waals surface area contributed by atoms with Gasteiger partial charge in [0, 0.05) is 36.7 Å². The average molecular weight is 435 g/mol. The van der Waals surface area contributed by atoms with Crippen LogP contribution in [0.15, 0.2) is 45.9 Å². The van der Waals surface area contributed by atoms with Crippen molar-refractivity contribution in [2.75, 3.05) is 33.8 Å². The van der Waals surface area contributed by atoms with Crippen LogP contribution < -0.4 is 10.7 Å². The molecule has 8 heteroatoms. The molecule has 2 heterocycles. The molecule has 1 aliphatic heterocycles. The van der Waals surface area contributed by atoms with E-state index in [-0.39, 0.29) is 6.10 Å². The summed E-state index contributed by atoms with van der Waals surface area (Å²) in [6.45, 7) is 2.35. The minimum Gasteiger partial charge on any atom is -0.455 e. The number of hydrazone groups is 1. The number of hydrogen-bond donors (Lipinski definition) is 2. The Morgan fingerprint density at radius 2 is 2.17 bits per heavy atom. The zero-order valence-electron chi connectivity index (χ0n) is 16.8. The first-order chi connectivity index (χ1) is 14.0. The highest BCUT2D eigenvalue weighted by Gasteiger charge is 2.16. The topological polar surface area (TPSA) is 62.0 Å². The molecule has 2 N–H and O–H groups in total. The van der Waals surface area contributed by atoms with E-state index in [0.29, 0.717) is 22.4 Å². The summed E-state index contributed by atoms with van der Waals surface area (Å²) in [6, 6.07) is 11.4. The van der Waals surface area contributed by atoms with Gasteiger partial charge >= 0.3 is 0 Å². The Kier molecular flexibility index (Phi) is 8.06. The minimum absolute atomic E-state index is 0.220. The predicted molar refractivity (Wildman–Crippen MR) is 122 cm³/mol. The van der Waals surface area contributed by atoms with Crippen LogP contribution >= 0.6 is 23.8 Å². The number of halogens is 1. The number of furan rings is 1. The Bertz CT molecular complexity index is 847. The summed E-state index contributed by atoms with van der Waals surface area (Å²) in [6.07, 6.45) is 3.10. The molecule has 0 bridgehead atoms. The number of ether oxygens (including phenoxy) is 1. The largest absolute Gasteiger partial charge is 0.455 e. The van der Waals surface area contributed by atoms with Gasteiger partial charge in [-0.15, -0.1) is 0 Å². The van der Waals surface area contributed by atoms with E-state index in [1.165, 1.54) is 0 Å². The van der Waals surface area contributed by atoms with Gasteiger partial charge in [0.25, 0.3) is 0 Å². The highest BCUT2D eigenvalue weighted by molar-refractivity contribution is 7.80. The van der Waals surface area contributed by atoms with Crippen LogP contribution in [0, 0.1) is 0 Å². The maximum Gasteiger partial charge on any atom is 0.187 e. The second-order valence-electron chi connectivity index (χ2n) is 7.24. The lowest BCUT2D eigenvalue weighted by atomic mass is 10.2. The molecule has 0 radical (unpaired) electrons. The Labute approximate surface area is 182 Å². The van der Waals surface area contributed by atoms with Crippen LogP contribution in [0.5, 0.6) is 0 Å². The minimum atomic E-state index is 0.220. The third kappa shape index (κ3) is 6.82. The molecule has 1 saturated heterocycles. The highest BCUT2D eigenvalue weighted by Crippen LogP contribution is 2.25. The van der Waals surface area contributed by atoms with Gasteiger partial charge in [0.1, 0.15) is 11.5 Å². The maximum atomic E-state index is 6.10. The first-order valence-corrected chi connectivity index (χ1v) is 10.5. The van der Waals surface area contributed by atoms with Gasteiger partial charge in [0.05, 0.1) is 6.10 Å². The zero-order valence-corrected chi connectivity index (χ0v) is 18.4. The molecule has 1 aromatic heterocycles. The summed E-state index contributed by atoms with van der Waals surface area (Å²) in [5, 5.41) is 8.83. The van der Waals surface area contributed by atoms with Crippen molar-refractivity contribution in [1.82, 2.24) is 15.6 Å². The van der Waals surface area contributed by atoms with Crippen LogP contribution in [0.2, 0.25) is 5.02 Å². The number of rotatable bonds is 8. The van der Waals surface area contributed by atoms with Crippen molar-refractivity contribution in [3.05, 3.63) is 47.2 Å². The first kappa shape index (κ1) is 21.8. The zero-order chi connectivity index (χ0) is 20.6. The average Bonchev–Trinajstić information content (AvgIpc) is 3.38. The fraction of sp³-hybridized carbons (Fsp3) is 0.429. The predicted octanol–water partition coefficient (Wildman–Crippen LogP) is 3.90. The molecule has 3 rings (SSSR count). The van der Waals surface area contributed by atoms with Gasteiger partial charge in [-0.1, -0.05) is 23.7 Å². The smallest absolute Gasteiger partial charge is 0.187 e. The van der Waals surface area contributed by atoms with E-state index in [9.17, 15) is 0 Å². The number of benzene rings is 1. The highest BCUT2D eigenvalue weighted by atomic mass is 35.5. The molecule has 29 heavy (non-hydrogen) atoms. The quantitative estimate of drug-likeness (QED) is 0.373. The lowest BCUT2D eigenvalue weighted by Gasteiger charge is -2.13. The number of thiocarbonyl (C=S) groups is 1. The molecule has 1 atom stereocenters. The lowest BCUT2D eigenvalue weighted by molar-refractivity contribution is 0.114. The standard InChI is InChI=1S/C21H27ClN4O2S/c1-26(2)11-10-18(24-25-21(29)23-14-17-7-4-12-27-17)20-9-8-19(28-20)15-5-3-6-16(22)13-15/h3,5-6,8-9,13,17H,4,7,10-12,14H2,1-2H3,(H2,23,25,29)/b24-18+. The van der Waals surface area contributed by atoms with E-state index in [0.717, 1.165) is 49.4 Å². The van der Waals surface area contributed by atoms with Gasteiger partial charge in [-0.2, -0.15) is 5.10 Å². The van der Waals surface area contributed by atoms with Crippen LogP contribution in [0.25, 0.3) is 11.3 Å². The third-order valence-corrected chi connectivity index (χ3v) is 5.07. The van der Waals surface area contributed by atoms with E-state index in [4.69, 9.17) is 33.0 Å². The van der Waals surface area contributed by atoms with Crippen LogP contribution in [0.3, 0.4) is 0 Å². The molecule has 1 aliphatic rings. The van der Waals surface area contributed by atoms with Crippen LogP contribution in [0.4, 0.5) is 0 Å². The summed E-state index contributed by atoms with van der Waals surface area (Å²) >= 11 is 11.4. The first-order valence-electron chi connectivity index (χ1n) is 9.74. The number of nitrogens with one attached hydrogen (secondary N) is 2. The van der Waals surface area contributed by atoms with E-state index in [2.05, 4.69) is 20.7 Å². The second-order valence-corrected chi connectivity index (χ2v) is 8.09. The Hall–Kier alpha value is -1.93. The van der Waals surface area contributed by atoms with Gasteiger partial charge in [0.2, 0.25) is 0 Å². The molecule has 1 unspecified atom stereocenters. The van der Waals surface area contributed by atoms with Gasteiger partial charge in [-0.25, -0.2) is 0 Å². The monoisotopic (exact) mass is 434 g/mol. The third-order valence-electron chi connectivity index (χ3n) is 4.60. The summed E-state index contributed by atoms with van der Waals surface area (Å²) in [4.78, 5) is 2.10. The maximum absolute atomic E-state index is 6.10. The molecule has 0 amide bonds. The van der Waals surface area contributed by atoms with E-state index < -0.39 is 0 Å². The molecule has 1 aromatic carbocycles. The number of nitrogens with zero attached hydrogens (tertiary/aromatic N) is 2. The Morgan fingerprint density at radius 1 is 1.31 bits per heavy atom. The molecule has 0 aliphatic carbocycles. The van der Waals surface area contributed by atoms with Crippen molar-refractivity contribution in [3.63, 3.8) is 0 Å². The fourth-order valence-corrected chi connectivity index (χ4v) is 3.34. The SMILES string of the molecule is CN(C)CC/C(=N\NC(=S)NCC1CCCO1)c1ccc(-c2cccc(Cl)c2)o1. The molecule has 2 aromatic rings. The van der Waals surface area contributed by atoms with Gasteiger partial charge in [-0.05, 0) is 63.4 Å². The fourth-order valence-electron chi connectivity index (χ4n) is 3.02. The van der Waals surface area contributed by atoms with Crippen molar-refractivity contribution in [2.45, 2.75) is 25.4 Å². The second kappa shape index (κ2) is 10.7. The molecule has 1 fully saturated rings. The molecule has 156 valence electrons. The van der Waals surface area contributed by atoms with Crippen molar-refractivity contribution in [3.8, 4) is 11.3 Å². The molecule has 6 nitrogen and oxygen atoms in total. The molecular formula is C21H27ClN4O2S. The van der Waals surface area contributed by atoms with Crippen LogP contribution in [-0.2, 0) is 4.74 Å². The van der Waals surface area contributed by atoms with E-state index >= 15 is 0 Å².